The molecule has 0 saturated carbocycles. The second kappa shape index (κ2) is 7.99. The highest BCUT2D eigenvalue weighted by Gasteiger charge is 2.26. The molecule has 0 spiro atoms. The van der Waals surface area contributed by atoms with Gasteiger partial charge < -0.3 is 20.1 Å². The van der Waals surface area contributed by atoms with Crippen LogP contribution in [0.2, 0.25) is 0 Å². The summed E-state index contributed by atoms with van der Waals surface area (Å²) in [5.41, 5.74) is 3.33. The van der Waals surface area contributed by atoms with Gasteiger partial charge in [-0.05, 0) is 42.2 Å². The zero-order valence-corrected chi connectivity index (χ0v) is 16.5. The van der Waals surface area contributed by atoms with Crippen LogP contribution in [0.25, 0.3) is 5.70 Å². The molecular weight excluding hydrogens is 368 g/mol. The molecule has 6 heteroatoms. The van der Waals surface area contributed by atoms with Gasteiger partial charge in [0.25, 0.3) is 5.91 Å². The first-order valence-electron chi connectivity index (χ1n) is 9.81. The van der Waals surface area contributed by atoms with Crippen molar-refractivity contribution in [2.45, 2.75) is 26.3 Å². The van der Waals surface area contributed by atoms with Gasteiger partial charge in [-0.25, -0.2) is 0 Å². The number of fused-ring (bicyclic) bond motifs is 2. The Morgan fingerprint density at radius 1 is 1.10 bits per heavy atom. The average molecular weight is 392 g/mol. The van der Waals surface area contributed by atoms with Gasteiger partial charge >= 0.3 is 0 Å². The van der Waals surface area contributed by atoms with E-state index in [2.05, 4.69) is 10.6 Å². The summed E-state index contributed by atoms with van der Waals surface area (Å²) in [5, 5.41) is 6.19. The van der Waals surface area contributed by atoms with E-state index >= 15 is 0 Å². The Morgan fingerprint density at radius 2 is 1.83 bits per heavy atom. The molecule has 1 amide bonds. The lowest BCUT2D eigenvalue weighted by molar-refractivity contribution is -0.117. The summed E-state index contributed by atoms with van der Waals surface area (Å²) >= 11 is 0. The van der Waals surface area contributed by atoms with Gasteiger partial charge in [0.05, 0.1) is 6.04 Å². The molecule has 2 aromatic carbocycles. The van der Waals surface area contributed by atoms with Crippen molar-refractivity contribution >= 4 is 17.4 Å². The van der Waals surface area contributed by atoms with E-state index in [0.29, 0.717) is 11.3 Å². The summed E-state index contributed by atoms with van der Waals surface area (Å²) in [6, 6.07) is 12.2. The van der Waals surface area contributed by atoms with Crippen LogP contribution in [-0.4, -0.2) is 31.1 Å². The molecule has 2 aromatic rings. The zero-order chi connectivity index (χ0) is 20.4. The Labute approximate surface area is 169 Å². The first-order valence-corrected chi connectivity index (χ1v) is 9.81. The maximum atomic E-state index is 13.1. The van der Waals surface area contributed by atoms with E-state index in [-0.39, 0.29) is 24.4 Å². The molecule has 2 heterocycles. The van der Waals surface area contributed by atoms with E-state index < -0.39 is 6.04 Å². The number of amides is 1. The average Bonchev–Trinajstić information content (AvgIpc) is 3.18. The number of rotatable bonds is 5. The third kappa shape index (κ3) is 3.97. The second-order valence-electron chi connectivity index (χ2n) is 7.56. The maximum absolute atomic E-state index is 13.1. The van der Waals surface area contributed by atoms with Gasteiger partial charge in [0, 0.05) is 29.4 Å². The molecule has 0 fully saturated rings. The number of hydrogen-bond donors (Lipinski definition) is 2. The maximum Gasteiger partial charge on any atom is 0.251 e. The third-order valence-electron chi connectivity index (χ3n) is 5.18. The van der Waals surface area contributed by atoms with E-state index in [1.807, 2.05) is 32.0 Å². The van der Waals surface area contributed by atoms with Crippen LogP contribution in [0, 0.1) is 5.92 Å². The van der Waals surface area contributed by atoms with Crippen molar-refractivity contribution in [2.75, 3.05) is 13.3 Å². The molecule has 0 unspecified atom stereocenters. The predicted octanol–water partition coefficient (Wildman–Crippen LogP) is 2.93. The van der Waals surface area contributed by atoms with Crippen molar-refractivity contribution in [3.8, 4) is 11.5 Å². The van der Waals surface area contributed by atoms with Gasteiger partial charge in [0.15, 0.2) is 17.3 Å². The molecule has 0 radical (unpaired) electrons. The topological polar surface area (TPSA) is 76.7 Å². The first-order chi connectivity index (χ1) is 14.0. The summed E-state index contributed by atoms with van der Waals surface area (Å²) in [6.45, 7) is 4.79. The summed E-state index contributed by atoms with van der Waals surface area (Å²) in [7, 11) is 0. The van der Waals surface area contributed by atoms with Crippen molar-refractivity contribution in [3.63, 3.8) is 0 Å². The number of nitrogens with one attached hydrogen (secondary N) is 2. The van der Waals surface area contributed by atoms with E-state index in [1.165, 1.54) is 0 Å². The largest absolute Gasteiger partial charge is 0.454 e. The fourth-order valence-electron chi connectivity index (χ4n) is 3.61. The minimum atomic E-state index is -0.614. The van der Waals surface area contributed by atoms with Gasteiger partial charge in [0.2, 0.25) is 6.79 Å². The highest BCUT2D eigenvalue weighted by molar-refractivity contribution is 6.04. The lowest BCUT2D eigenvalue weighted by Crippen LogP contribution is -2.44. The number of carbonyl (C=O) groups excluding carboxylic acids is 2. The van der Waals surface area contributed by atoms with E-state index in [1.54, 1.807) is 30.3 Å². The van der Waals surface area contributed by atoms with Gasteiger partial charge in [-0.1, -0.05) is 32.0 Å². The smallest absolute Gasteiger partial charge is 0.251 e. The van der Waals surface area contributed by atoms with Crippen molar-refractivity contribution in [1.82, 2.24) is 10.6 Å². The standard InChI is InChI=1S/C23H24N2O4/c1-14(2)22(25-23(27)15-6-4-3-5-7-15)19(26)12-18-17-11-21-20(28-13-29-21)10-16(17)8-9-24-18/h3-7,10-12,14,22,24H,8-9,13H2,1-2H3,(H,25,27)/t22-/m0/s1. The van der Waals surface area contributed by atoms with Gasteiger partial charge in [-0.3, -0.25) is 9.59 Å². The summed E-state index contributed by atoms with van der Waals surface area (Å²) in [4.78, 5) is 25.6. The third-order valence-corrected chi connectivity index (χ3v) is 5.18. The van der Waals surface area contributed by atoms with E-state index in [4.69, 9.17) is 9.47 Å². The molecule has 2 aliphatic heterocycles. The lowest BCUT2D eigenvalue weighted by Gasteiger charge is -2.24. The van der Waals surface area contributed by atoms with Crippen LogP contribution < -0.4 is 20.1 Å². The molecule has 0 saturated heterocycles. The van der Waals surface area contributed by atoms with Crippen molar-refractivity contribution in [3.05, 3.63) is 65.2 Å². The van der Waals surface area contributed by atoms with Crippen molar-refractivity contribution in [1.29, 1.82) is 0 Å². The number of hydrogen-bond acceptors (Lipinski definition) is 5. The molecule has 0 aromatic heterocycles. The zero-order valence-electron chi connectivity index (χ0n) is 16.5. The minimum absolute atomic E-state index is 0.0492. The van der Waals surface area contributed by atoms with Crippen LogP contribution >= 0.6 is 0 Å². The Morgan fingerprint density at radius 3 is 2.55 bits per heavy atom. The molecule has 2 aliphatic rings. The van der Waals surface area contributed by atoms with E-state index in [0.717, 1.165) is 35.5 Å². The molecule has 6 nitrogen and oxygen atoms in total. The van der Waals surface area contributed by atoms with E-state index in [9.17, 15) is 9.59 Å². The predicted molar refractivity (Wildman–Crippen MR) is 110 cm³/mol. The molecule has 0 aliphatic carbocycles. The molecule has 2 N–H and O–H groups in total. The minimum Gasteiger partial charge on any atom is -0.454 e. The highest BCUT2D eigenvalue weighted by Crippen LogP contribution is 2.38. The summed E-state index contributed by atoms with van der Waals surface area (Å²) < 4.78 is 10.9. The fourth-order valence-corrected chi connectivity index (χ4v) is 3.61. The number of ketones is 1. The fraction of sp³-hybridized carbons (Fsp3) is 0.304. The van der Waals surface area contributed by atoms with Crippen LogP contribution in [0.3, 0.4) is 0 Å². The molecule has 29 heavy (non-hydrogen) atoms. The first kappa shape index (κ1) is 19.1. The van der Waals surface area contributed by atoms with Crippen LogP contribution in [-0.2, 0) is 11.2 Å². The SMILES string of the molecule is CC(C)[C@H](NC(=O)c1ccccc1)C(=O)C=C1NCCc2cc3c(cc21)OCO3. The molecule has 4 rings (SSSR count). The molecular formula is C23H24N2O4. The van der Waals surface area contributed by atoms with Crippen LogP contribution in [0.4, 0.5) is 0 Å². The number of carbonyl (C=O) groups is 2. The molecule has 150 valence electrons. The van der Waals surface area contributed by atoms with Crippen LogP contribution in [0.15, 0.2) is 48.5 Å². The summed E-state index contributed by atoms with van der Waals surface area (Å²) in [5.74, 6) is 0.982. The van der Waals surface area contributed by atoms with Gasteiger partial charge in [-0.15, -0.1) is 0 Å². The normalized spacial score (nSPS) is 16.9. The Balaban J connectivity index is 1.58. The van der Waals surface area contributed by atoms with Crippen molar-refractivity contribution in [2.24, 2.45) is 5.92 Å². The van der Waals surface area contributed by atoms with Gasteiger partial charge in [-0.2, -0.15) is 0 Å². The molecule has 1 atom stereocenters. The van der Waals surface area contributed by atoms with Crippen molar-refractivity contribution < 1.29 is 19.1 Å². The highest BCUT2D eigenvalue weighted by atomic mass is 16.7. The Hall–Kier alpha value is -3.28. The second-order valence-corrected chi connectivity index (χ2v) is 7.56. The molecule has 0 bridgehead atoms. The lowest BCUT2D eigenvalue weighted by atomic mass is 9.93. The summed E-state index contributed by atoms with van der Waals surface area (Å²) in [6.07, 6.45) is 2.44. The number of benzene rings is 2. The Bertz CT molecular complexity index is 966. The van der Waals surface area contributed by atoms with Crippen LogP contribution in [0.1, 0.15) is 35.3 Å². The van der Waals surface area contributed by atoms with Crippen LogP contribution in [0.5, 0.6) is 11.5 Å². The monoisotopic (exact) mass is 392 g/mol. The number of ether oxygens (including phenoxy) is 2. The Kier molecular flexibility index (Phi) is 5.25. The van der Waals surface area contributed by atoms with Gasteiger partial charge in [0.1, 0.15) is 0 Å². The quantitative estimate of drug-likeness (QED) is 0.765.